The Kier molecular flexibility index (Phi) is 2.95. The summed E-state index contributed by atoms with van der Waals surface area (Å²) < 4.78 is 15.2. The molecule has 0 fully saturated rings. The molecule has 20 heavy (non-hydrogen) atoms. The summed E-state index contributed by atoms with van der Waals surface area (Å²) in [6.07, 6.45) is 3.45. The third-order valence-electron chi connectivity index (χ3n) is 2.97. The molecule has 0 aliphatic rings. The number of aromatic nitrogens is 2. The Morgan fingerprint density at radius 3 is 2.90 bits per heavy atom. The lowest BCUT2D eigenvalue weighted by molar-refractivity contribution is 0.102. The van der Waals surface area contributed by atoms with E-state index in [1.807, 2.05) is 25.3 Å². The van der Waals surface area contributed by atoms with Crippen LogP contribution in [0.4, 0.5) is 10.1 Å². The lowest BCUT2D eigenvalue weighted by Gasteiger charge is -2.03. The van der Waals surface area contributed by atoms with Gasteiger partial charge in [-0.05, 0) is 36.8 Å². The normalized spacial score (nSPS) is 10.7. The highest BCUT2D eigenvalue weighted by Gasteiger charge is 2.12. The number of aryl methyl sites for hydroxylation is 1. The summed E-state index contributed by atoms with van der Waals surface area (Å²) in [4.78, 5) is 16.3. The van der Waals surface area contributed by atoms with E-state index in [0.717, 1.165) is 5.56 Å². The van der Waals surface area contributed by atoms with Crippen molar-refractivity contribution in [1.29, 1.82) is 0 Å². The molecule has 1 amide bonds. The average molecular weight is 269 g/mol. The van der Waals surface area contributed by atoms with Crippen LogP contribution in [0.25, 0.3) is 5.65 Å². The predicted molar refractivity (Wildman–Crippen MR) is 74.3 cm³/mol. The molecule has 2 aromatic heterocycles. The maximum absolute atomic E-state index is 13.5. The summed E-state index contributed by atoms with van der Waals surface area (Å²) in [6, 6.07) is 9.83. The third-order valence-corrected chi connectivity index (χ3v) is 2.97. The number of rotatable bonds is 2. The number of carbonyl (C=O) groups excluding carboxylic acids is 1. The molecule has 0 bridgehead atoms. The second-order valence-electron chi connectivity index (χ2n) is 4.53. The second-order valence-corrected chi connectivity index (χ2v) is 4.53. The van der Waals surface area contributed by atoms with E-state index in [4.69, 9.17) is 0 Å². The van der Waals surface area contributed by atoms with Crippen molar-refractivity contribution in [2.24, 2.45) is 0 Å². The smallest absolute Gasteiger partial charge is 0.275 e. The van der Waals surface area contributed by atoms with E-state index in [2.05, 4.69) is 10.3 Å². The number of anilines is 1. The summed E-state index contributed by atoms with van der Waals surface area (Å²) in [5.41, 5.74) is 2.14. The Bertz CT molecular complexity index is 795. The molecule has 2 heterocycles. The third kappa shape index (κ3) is 2.25. The lowest BCUT2D eigenvalue weighted by Crippen LogP contribution is -2.13. The number of nitrogens with one attached hydrogen (secondary N) is 1. The Morgan fingerprint density at radius 1 is 1.30 bits per heavy atom. The molecule has 0 unspecified atom stereocenters. The zero-order valence-electron chi connectivity index (χ0n) is 10.8. The highest BCUT2D eigenvalue weighted by molar-refractivity contribution is 6.03. The first-order valence-electron chi connectivity index (χ1n) is 6.15. The monoisotopic (exact) mass is 269 g/mol. The number of fused-ring (bicyclic) bond motifs is 1. The summed E-state index contributed by atoms with van der Waals surface area (Å²) in [5, 5.41) is 2.51. The van der Waals surface area contributed by atoms with Crippen LogP contribution in [0.3, 0.4) is 0 Å². The number of imidazole rings is 1. The minimum atomic E-state index is -0.472. The molecule has 1 aromatic carbocycles. The Hall–Kier alpha value is -2.69. The van der Waals surface area contributed by atoms with Crippen LogP contribution in [0.5, 0.6) is 0 Å². The van der Waals surface area contributed by atoms with Gasteiger partial charge in [0.25, 0.3) is 5.91 Å². The molecule has 5 heteroatoms. The van der Waals surface area contributed by atoms with Gasteiger partial charge in [-0.2, -0.15) is 0 Å². The topological polar surface area (TPSA) is 46.4 Å². The van der Waals surface area contributed by atoms with Crippen LogP contribution in [0.15, 0.2) is 48.8 Å². The summed E-state index contributed by atoms with van der Waals surface area (Å²) >= 11 is 0. The van der Waals surface area contributed by atoms with E-state index >= 15 is 0 Å². The van der Waals surface area contributed by atoms with Gasteiger partial charge < -0.3 is 9.72 Å². The van der Waals surface area contributed by atoms with Gasteiger partial charge in [-0.15, -0.1) is 0 Å². The van der Waals surface area contributed by atoms with Crippen molar-refractivity contribution in [2.45, 2.75) is 6.92 Å². The molecular weight excluding hydrogens is 257 g/mol. The summed E-state index contributed by atoms with van der Waals surface area (Å²) in [6.45, 7) is 1.95. The summed E-state index contributed by atoms with van der Waals surface area (Å²) in [5.74, 6) is -0.906. The number of hydrogen-bond acceptors (Lipinski definition) is 2. The molecule has 0 saturated heterocycles. The second kappa shape index (κ2) is 4.77. The van der Waals surface area contributed by atoms with Crippen molar-refractivity contribution >= 4 is 17.2 Å². The Labute approximate surface area is 114 Å². The molecule has 3 aromatic rings. The Morgan fingerprint density at radius 2 is 2.10 bits per heavy atom. The van der Waals surface area contributed by atoms with Gasteiger partial charge in [-0.25, -0.2) is 9.37 Å². The van der Waals surface area contributed by atoms with Crippen LogP contribution in [0.1, 0.15) is 16.1 Å². The fraction of sp³-hybridized carbons (Fsp3) is 0.0667. The minimum absolute atomic E-state index is 0.144. The fourth-order valence-electron chi connectivity index (χ4n) is 1.94. The van der Waals surface area contributed by atoms with E-state index in [-0.39, 0.29) is 11.4 Å². The molecule has 100 valence electrons. The van der Waals surface area contributed by atoms with Gasteiger partial charge in [0.15, 0.2) is 0 Å². The fourth-order valence-corrected chi connectivity index (χ4v) is 1.94. The maximum Gasteiger partial charge on any atom is 0.275 e. The van der Waals surface area contributed by atoms with Gasteiger partial charge in [-0.3, -0.25) is 4.79 Å². The number of nitrogens with zero attached hydrogens (tertiary/aromatic N) is 2. The zero-order chi connectivity index (χ0) is 14.1. The van der Waals surface area contributed by atoms with Crippen molar-refractivity contribution in [3.05, 3.63) is 65.9 Å². The Balaban J connectivity index is 1.91. The van der Waals surface area contributed by atoms with Crippen LogP contribution in [0, 0.1) is 12.7 Å². The van der Waals surface area contributed by atoms with E-state index in [9.17, 15) is 9.18 Å². The van der Waals surface area contributed by atoms with Crippen molar-refractivity contribution in [1.82, 2.24) is 9.38 Å². The van der Waals surface area contributed by atoms with E-state index in [0.29, 0.717) is 5.65 Å². The first-order valence-corrected chi connectivity index (χ1v) is 6.15. The molecule has 0 spiro atoms. The molecule has 0 aliphatic carbocycles. The van der Waals surface area contributed by atoms with Gasteiger partial charge in [0.05, 0.1) is 5.69 Å². The number of hydrogen-bond donors (Lipinski definition) is 1. The van der Waals surface area contributed by atoms with Crippen molar-refractivity contribution in [2.75, 3.05) is 5.32 Å². The van der Waals surface area contributed by atoms with Crippen LogP contribution < -0.4 is 5.32 Å². The minimum Gasteiger partial charge on any atom is -0.318 e. The highest BCUT2D eigenvalue weighted by Crippen LogP contribution is 2.14. The highest BCUT2D eigenvalue weighted by atomic mass is 19.1. The zero-order valence-corrected chi connectivity index (χ0v) is 10.8. The average Bonchev–Trinajstić information content (AvgIpc) is 2.84. The van der Waals surface area contributed by atoms with Crippen molar-refractivity contribution in [3.63, 3.8) is 0 Å². The van der Waals surface area contributed by atoms with Gasteiger partial charge in [0.1, 0.15) is 17.2 Å². The molecule has 1 N–H and O–H groups in total. The van der Waals surface area contributed by atoms with Crippen LogP contribution in [0.2, 0.25) is 0 Å². The first kappa shape index (κ1) is 12.3. The van der Waals surface area contributed by atoms with E-state index in [1.54, 1.807) is 22.7 Å². The molecule has 3 rings (SSSR count). The van der Waals surface area contributed by atoms with Gasteiger partial charge >= 0.3 is 0 Å². The van der Waals surface area contributed by atoms with Crippen molar-refractivity contribution in [3.8, 4) is 0 Å². The first-order chi connectivity index (χ1) is 9.63. The number of halogens is 1. The van der Waals surface area contributed by atoms with Crippen molar-refractivity contribution < 1.29 is 9.18 Å². The number of para-hydroxylation sites is 1. The molecule has 0 saturated carbocycles. The van der Waals surface area contributed by atoms with Gasteiger partial charge in [0, 0.05) is 12.4 Å². The van der Waals surface area contributed by atoms with Crippen LogP contribution in [-0.2, 0) is 0 Å². The quantitative estimate of drug-likeness (QED) is 0.777. The predicted octanol–water partition coefficient (Wildman–Crippen LogP) is 3.03. The molecule has 0 radical (unpaired) electrons. The summed E-state index contributed by atoms with van der Waals surface area (Å²) in [7, 11) is 0. The maximum atomic E-state index is 13.5. The van der Waals surface area contributed by atoms with Gasteiger partial charge in [0.2, 0.25) is 0 Å². The molecule has 0 aliphatic heterocycles. The molecular formula is C15H12FN3O. The van der Waals surface area contributed by atoms with E-state index < -0.39 is 11.7 Å². The SMILES string of the molecule is Cc1ccn2cc(C(=O)Nc3ccccc3F)nc2c1. The number of pyridine rings is 1. The lowest BCUT2D eigenvalue weighted by atomic mass is 10.3. The number of benzene rings is 1. The number of carbonyl (C=O) groups is 1. The molecule has 4 nitrogen and oxygen atoms in total. The number of amides is 1. The van der Waals surface area contributed by atoms with Crippen LogP contribution >= 0.6 is 0 Å². The standard InChI is InChI=1S/C15H12FN3O/c1-10-6-7-19-9-13(17-14(19)8-10)15(20)18-12-5-3-2-4-11(12)16/h2-9H,1H3,(H,18,20). The largest absolute Gasteiger partial charge is 0.318 e. The van der Waals surface area contributed by atoms with Gasteiger partial charge in [-0.1, -0.05) is 12.1 Å². The van der Waals surface area contributed by atoms with Crippen LogP contribution in [-0.4, -0.2) is 15.3 Å². The molecule has 0 atom stereocenters. The van der Waals surface area contributed by atoms with E-state index in [1.165, 1.54) is 12.1 Å².